The van der Waals surface area contributed by atoms with Gasteiger partial charge in [0, 0.05) is 11.4 Å². The molecule has 0 spiro atoms. The van der Waals surface area contributed by atoms with E-state index in [1.165, 1.54) is 22.2 Å². The van der Waals surface area contributed by atoms with Crippen molar-refractivity contribution in [3.63, 3.8) is 0 Å². The number of nitrogens with one attached hydrogen (secondary N) is 2. The lowest BCUT2D eigenvalue weighted by Gasteiger charge is -2.12. The molecule has 0 saturated carbocycles. The number of carbonyl (C=O) groups is 2. The van der Waals surface area contributed by atoms with Gasteiger partial charge < -0.3 is 21.1 Å². The molecule has 3 rings (SSSR count). The monoisotopic (exact) mass is 449 g/mol. The summed E-state index contributed by atoms with van der Waals surface area (Å²) in [5, 5.41) is 11.2. The van der Waals surface area contributed by atoms with E-state index in [2.05, 4.69) is 15.7 Å². The fourth-order valence-corrected chi connectivity index (χ4v) is 5.22. The van der Waals surface area contributed by atoms with Crippen LogP contribution in [0.3, 0.4) is 0 Å². The standard InChI is InChI=1S/C20H27N5O3S2/c1-3-25-16(17(21)26)13(11-22-25)23-20(29)24-18-15(19(27)28-4-2)12-9-7-5-6-8-10-14(12)30-18/h11H,3-10H2,1-2H3,(H2,21,26)(H2,23,24,29). The van der Waals surface area contributed by atoms with Crippen molar-refractivity contribution in [1.29, 1.82) is 0 Å². The number of nitrogens with zero attached hydrogens (tertiary/aromatic N) is 2. The van der Waals surface area contributed by atoms with Crippen molar-refractivity contribution in [1.82, 2.24) is 9.78 Å². The van der Waals surface area contributed by atoms with E-state index in [1.54, 1.807) is 18.3 Å². The lowest BCUT2D eigenvalue weighted by Crippen LogP contribution is -2.24. The molecular formula is C20H27N5O3S2. The number of amides is 1. The van der Waals surface area contributed by atoms with Gasteiger partial charge in [0.25, 0.3) is 5.91 Å². The summed E-state index contributed by atoms with van der Waals surface area (Å²) < 4.78 is 6.83. The molecule has 0 aromatic carbocycles. The Balaban J connectivity index is 1.87. The molecule has 0 atom stereocenters. The first kappa shape index (κ1) is 22.2. The van der Waals surface area contributed by atoms with Crippen LogP contribution < -0.4 is 16.4 Å². The van der Waals surface area contributed by atoms with E-state index < -0.39 is 5.91 Å². The van der Waals surface area contributed by atoms with Gasteiger partial charge in [0.15, 0.2) is 5.11 Å². The highest BCUT2D eigenvalue weighted by atomic mass is 32.1. The highest BCUT2D eigenvalue weighted by molar-refractivity contribution is 7.80. The van der Waals surface area contributed by atoms with E-state index >= 15 is 0 Å². The van der Waals surface area contributed by atoms with E-state index in [0.717, 1.165) is 37.7 Å². The highest BCUT2D eigenvalue weighted by Gasteiger charge is 2.26. The van der Waals surface area contributed by atoms with Crippen LogP contribution in [0.25, 0.3) is 0 Å². The third-order valence-electron chi connectivity index (χ3n) is 5.00. The molecule has 2 aromatic rings. The minimum absolute atomic E-state index is 0.255. The fraction of sp³-hybridized carbons (Fsp3) is 0.500. The smallest absolute Gasteiger partial charge is 0.341 e. The summed E-state index contributed by atoms with van der Waals surface area (Å²) in [5.41, 5.74) is 7.82. The molecule has 0 radical (unpaired) electrons. The molecule has 0 bridgehead atoms. The first-order chi connectivity index (χ1) is 14.5. The maximum atomic E-state index is 12.7. The second-order valence-electron chi connectivity index (χ2n) is 7.01. The third-order valence-corrected chi connectivity index (χ3v) is 6.41. The summed E-state index contributed by atoms with van der Waals surface area (Å²) in [6, 6.07) is 0. The Morgan fingerprint density at radius 3 is 2.63 bits per heavy atom. The zero-order valence-electron chi connectivity index (χ0n) is 17.2. The lowest BCUT2D eigenvalue weighted by atomic mass is 9.96. The number of fused-ring (bicyclic) bond motifs is 1. The maximum Gasteiger partial charge on any atom is 0.341 e. The Morgan fingerprint density at radius 2 is 1.97 bits per heavy atom. The second kappa shape index (κ2) is 10.0. The normalized spacial score (nSPS) is 13.7. The molecule has 2 heterocycles. The molecule has 2 aromatic heterocycles. The van der Waals surface area contributed by atoms with Gasteiger partial charge in [-0.15, -0.1) is 11.3 Å². The van der Waals surface area contributed by atoms with Crippen LogP contribution in [0.15, 0.2) is 6.20 Å². The van der Waals surface area contributed by atoms with Gasteiger partial charge in [0.05, 0.1) is 24.1 Å². The number of aromatic nitrogens is 2. The molecule has 0 fully saturated rings. The van der Waals surface area contributed by atoms with Crippen LogP contribution in [-0.4, -0.2) is 33.4 Å². The Morgan fingerprint density at radius 1 is 1.23 bits per heavy atom. The molecule has 1 amide bonds. The van der Waals surface area contributed by atoms with Crippen molar-refractivity contribution in [2.45, 2.75) is 58.9 Å². The number of nitrogens with two attached hydrogens (primary N) is 1. The Bertz CT molecular complexity index is 951. The fourth-order valence-electron chi connectivity index (χ4n) is 3.66. The van der Waals surface area contributed by atoms with Gasteiger partial charge in [-0.2, -0.15) is 5.10 Å². The van der Waals surface area contributed by atoms with E-state index in [1.807, 2.05) is 6.92 Å². The molecule has 10 heteroatoms. The molecule has 0 aliphatic heterocycles. The minimum atomic E-state index is -0.592. The van der Waals surface area contributed by atoms with Crippen molar-refractivity contribution in [2.75, 3.05) is 17.2 Å². The molecule has 162 valence electrons. The number of rotatable bonds is 6. The molecule has 1 aliphatic rings. The zero-order chi connectivity index (χ0) is 21.7. The predicted octanol–water partition coefficient (Wildman–Crippen LogP) is 3.71. The van der Waals surface area contributed by atoms with Crippen LogP contribution in [0.5, 0.6) is 0 Å². The number of thiophene rings is 1. The van der Waals surface area contributed by atoms with Crippen LogP contribution in [0.2, 0.25) is 0 Å². The zero-order valence-corrected chi connectivity index (χ0v) is 18.9. The summed E-state index contributed by atoms with van der Waals surface area (Å²) in [6.45, 7) is 4.48. The molecule has 30 heavy (non-hydrogen) atoms. The van der Waals surface area contributed by atoms with Crippen LogP contribution in [0, 0.1) is 0 Å². The number of hydrogen-bond donors (Lipinski definition) is 3. The predicted molar refractivity (Wildman–Crippen MR) is 122 cm³/mol. The van der Waals surface area contributed by atoms with Gasteiger partial charge in [-0.3, -0.25) is 9.48 Å². The van der Waals surface area contributed by atoms with Crippen molar-refractivity contribution in [3.8, 4) is 0 Å². The number of thiocarbonyl (C=S) groups is 1. The van der Waals surface area contributed by atoms with E-state index in [-0.39, 0.29) is 16.8 Å². The molecule has 0 unspecified atom stereocenters. The number of ether oxygens (including phenoxy) is 1. The van der Waals surface area contributed by atoms with Crippen LogP contribution in [0.1, 0.15) is 70.8 Å². The lowest BCUT2D eigenvalue weighted by molar-refractivity contribution is 0.0526. The molecule has 0 saturated heterocycles. The first-order valence-corrected chi connectivity index (χ1v) is 11.4. The van der Waals surface area contributed by atoms with Gasteiger partial charge in [0.1, 0.15) is 10.7 Å². The average Bonchev–Trinajstić information content (AvgIpc) is 3.22. The van der Waals surface area contributed by atoms with Gasteiger partial charge in [-0.25, -0.2) is 4.79 Å². The van der Waals surface area contributed by atoms with Crippen LogP contribution >= 0.6 is 23.6 Å². The van der Waals surface area contributed by atoms with Gasteiger partial charge in [0.2, 0.25) is 0 Å². The second-order valence-corrected chi connectivity index (χ2v) is 8.52. The average molecular weight is 450 g/mol. The quantitative estimate of drug-likeness (QED) is 0.455. The minimum Gasteiger partial charge on any atom is -0.462 e. The molecule has 4 N–H and O–H groups in total. The summed E-state index contributed by atoms with van der Waals surface area (Å²) in [4.78, 5) is 25.8. The Kier molecular flexibility index (Phi) is 7.43. The van der Waals surface area contributed by atoms with E-state index in [9.17, 15) is 9.59 Å². The van der Waals surface area contributed by atoms with Gasteiger partial charge in [-0.1, -0.05) is 12.8 Å². The molecule has 1 aliphatic carbocycles. The summed E-state index contributed by atoms with van der Waals surface area (Å²) in [7, 11) is 0. The molecular weight excluding hydrogens is 422 g/mol. The number of esters is 1. The number of primary amides is 1. The Hall–Kier alpha value is -2.46. The van der Waals surface area contributed by atoms with Crippen LogP contribution in [-0.2, 0) is 24.1 Å². The number of hydrogen-bond acceptors (Lipinski definition) is 6. The van der Waals surface area contributed by atoms with Gasteiger partial charge in [-0.05, 0) is 57.3 Å². The third kappa shape index (κ3) is 4.81. The highest BCUT2D eigenvalue weighted by Crippen LogP contribution is 2.37. The van der Waals surface area contributed by atoms with E-state index in [0.29, 0.717) is 29.4 Å². The summed E-state index contributed by atoms with van der Waals surface area (Å²) >= 11 is 7.00. The van der Waals surface area contributed by atoms with Crippen molar-refractivity contribution < 1.29 is 14.3 Å². The summed E-state index contributed by atoms with van der Waals surface area (Å²) in [6.07, 6.45) is 7.84. The summed E-state index contributed by atoms with van der Waals surface area (Å²) in [5.74, 6) is -0.927. The maximum absolute atomic E-state index is 12.7. The topological polar surface area (TPSA) is 111 Å². The van der Waals surface area contributed by atoms with Crippen LogP contribution in [0.4, 0.5) is 10.7 Å². The SMILES string of the molecule is CCOC(=O)c1c(NC(=S)Nc2cnn(CC)c2C(N)=O)sc2c1CCCCCC2. The van der Waals surface area contributed by atoms with Crippen molar-refractivity contribution in [3.05, 3.63) is 27.9 Å². The van der Waals surface area contributed by atoms with Crippen molar-refractivity contribution in [2.24, 2.45) is 5.73 Å². The van der Waals surface area contributed by atoms with E-state index in [4.69, 9.17) is 22.7 Å². The van der Waals surface area contributed by atoms with Gasteiger partial charge >= 0.3 is 5.97 Å². The largest absolute Gasteiger partial charge is 0.462 e. The Labute approximate surface area is 185 Å². The molecule has 8 nitrogen and oxygen atoms in total. The number of carbonyl (C=O) groups excluding carboxylic acids is 2. The van der Waals surface area contributed by atoms with Crippen molar-refractivity contribution >= 4 is 51.2 Å². The number of anilines is 2. The first-order valence-electron chi connectivity index (χ1n) is 10.2. The number of aryl methyl sites for hydroxylation is 2.